The van der Waals surface area contributed by atoms with Crippen LogP contribution in [0.4, 0.5) is 10.5 Å². The first-order chi connectivity index (χ1) is 14.5. The molecule has 6 heteroatoms. The summed E-state index contributed by atoms with van der Waals surface area (Å²) in [4.78, 5) is 30.7. The van der Waals surface area contributed by atoms with E-state index in [1.54, 1.807) is 23.1 Å². The number of halogens is 1. The van der Waals surface area contributed by atoms with Gasteiger partial charge in [-0.2, -0.15) is 0 Å². The van der Waals surface area contributed by atoms with Crippen LogP contribution in [0.15, 0.2) is 53.3 Å². The van der Waals surface area contributed by atoms with Crippen LogP contribution < -0.4 is 10.9 Å². The molecular formula is C24H26ClN3O2. The van der Waals surface area contributed by atoms with Crippen LogP contribution in [0, 0.1) is 0 Å². The van der Waals surface area contributed by atoms with Gasteiger partial charge in [-0.25, -0.2) is 4.79 Å². The summed E-state index contributed by atoms with van der Waals surface area (Å²) in [6.45, 7) is 2.38. The third-order valence-corrected chi connectivity index (χ3v) is 6.07. The Morgan fingerprint density at radius 2 is 1.97 bits per heavy atom. The minimum absolute atomic E-state index is 0.126. The molecule has 30 heavy (non-hydrogen) atoms. The number of hydrogen-bond acceptors (Lipinski definition) is 2. The van der Waals surface area contributed by atoms with Crippen LogP contribution in [0.2, 0.25) is 5.02 Å². The normalized spacial score (nSPS) is 14.2. The molecule has 0 aliphatic heterocycles. The summed E-state index contributed by atoms with van der Waals surface area (Å²) in [6, 6.07) is 15.0. The van der Waals surface area contributed by atoms with Gasteiger partial charge in [0.05, 0.1) is 6.54 Å². The van der Waals surface area contributed by atoms with Gasteiger partial charge in [0.2, 0.25) is 0 Å². The van der Waals surface area contributed by atoms with E-state index in [1.807, 2.05) is 24.3 Å². The minimum Gasteiger partial charge on any atom is -0.322 e. The number of carbonyl (C=O) groups excluding carboxylic acids is 1. The van der Waals surface area contributed by atoms with Gasteiger partial charge in [-0.05, 0) is 66.6 Å². The van der Waals surface area contributed by atoms with Crippen molar-refractivity contribution < 1.29 is 4.79 Å². The Morgan fingerprint density at radius 1 is 1.17 bits per heavy atom. The molecule has 1 heterocycles. The highest BCUT2D eigenvalue weighted by molar-refractivity contribution is 6.30. The number of hydrogen-bond donors (Lipinski definition) is 2. The quantitative estimate of drug-likeness (QED) is 0.551. The van der Waals surface area contributed by atoms with Crippen LogP contribution in [0.3, 0.4) is 0 Å². The Labute approximate surface area is 181 Å². The maximum atomic E-state index is 13.2. The van der Waals surface area contributed by atoms with E-state index in [-0.39, 0.29) is 24.2 Å². The molecule has 0 spiro atoms. The van der Waals surface area contributed by atoms with E-state index in [1.165, 1.54) is 5.56 Å². The Balaban J connectivity index is 1.64. The Morgan fingerprint density at radius 3 is 2.70 bits per heavy atom. The molecule has 0 unspecified atom stereocenters. The number of amides is 2. The molecular weight excluding hydrogens is 398 g/mol. The van der Waals surface area contributed by atoms with E-state index in [2.05, 4.69) is 23.3 Å². The second-order valence-electron chi connectivity index (χ2n) is 7.91. The van der Waals surface area contributed by atoms with Gasteiger partial charge >= 0.3 is 6.03 Å². The van der Waals surface area contributed by atoms with Gasteiger partial charge in [0.15, 0.2) is 0 Å². The molecule has 0 bridgehead atoms. The first kappa shape index (κ1) is 20.5. The largest absolute Gasteiger partial charge is 0.322 e. The number of nitrogens with one attached hydrogen (secondary N) is 2. The molecule has 0 saturated heterocycles. The standard InChI is InChI=1S/C24H26ClN3O2/c1-2-16-10-11-22-17(12-16)13-18(23(29)27-22)15-28(21-8-3-4-9-21)24(30)26-20-7-5-6-19(25)14-20/h5-7,10-14,21H,2-4,8-9,15H2,1H3,(H,26,30)(H,27,29). The van der Waals surface area contributed by atoms with Crippen LogP contribution in [0.5, 0.6) is 0 Å². The molecule has 1 fully saturated rings. The first-order valence-corrected chi connectivity index (χ1v) is 10.9. The Bertz CT molecular complexity index is 1120. The number of rotatable bonds is 5. The summed E-state index contributed by atoms with van der Waals surface area (Å²) in [5.41, 5.74) is 3.13. The molecule has 4 rings (SSSR count). The lowest BCUT2D eigenvalue weighted by atomic mass is 10.1. The van der Waals surface area contributed by atoms with Gasteiger partial charge in [-0.15, -0.1) is 0 Å². The van der Waals surface area contributed by atoms with Crippen molar-refractivity contribution in [2.75, 3.05) is 5.32 Å². The van der Waals surface area contributed by atoms with Crippen molar-refractivity contribution in [3.8, 4) is 0 Å². The number of urea groups is 1. The van der Waals surface area contributed by atoms with Crippen molar-refractivity contribution in [2.24, 2.45) is 0 Å². The smallest absolute Gasteiger partial charge is 0.322 e. The van der Waals surface area contributed by atoms with Gasteiger partial charge in [-0.1, -0.05) is 43.5 Å². The fourth-order valence-electron chi connectivity index (χ4n) is 4.17. The summed E-state index contributed by atoms with van der Waals surface area (Å²) < 4.78 is 0. The van der Waals surface area contributed by atoms with E-state index in [0.29, 0.717) is 16.3 Å². The third kappa shape index (κ3) is 4.51. The highest BCUT2D eigenvalue weighted by Gasteiger charge is 2.27. The van der Waals surface area contributed by atoms with E-state index >= 15 is 0 Å². The monoisotopic (exact) mass is 423 g/mol. The maximum absolute atomic E-state index is 13.2. The zero-order valence-electron chi connectivity index (χ0n) is 17.1. The molecule has 0 radical (unpaired) electrons. The van der Waals surface area contributed by atoms with E-state index in [0.717, 1.165) is 43.0 Å². The predicted molar refractivity (Wildman–Crippen MR) is 122 cm³/mol. The zero-order chi connectivity index (χ0) is 21.1. The molecule has 1 saturated carbocycles. The predicted octanol–water partition coefficient (Wildman–Crippen LogP) is 5.72. The van der Waals surface area contributed by atoms with E-state index in [4.69, 9.17) is 11.6 Å². The number of anilines is 1. The first-order valence-electron chi connectivity index (χ1n) is 10.5. The number of carbonyl (C=O) groups is 1. The number of pyridine rings is 1. The second-order valence-corrected chi connectivity index (χ2v) is 8.34. The van der Waals surface area contributed by atoms with Gasteiger partial charge in [0.25, 0.3) is 5.56 Å². The summed E-state index contributed by atoms with van der Waals surface area (Å²) in [7, 11) is 0. The maximum Gasteiger partial charge on any atom is 0.322 e. The number of aromatic amines is 1. The summed E-state index contributed by atoms with van der Waals surface area (Å²) in [5, 5.41) is 4.50. The molecule has 156 valence electrons. The topological polar surface area (TPSA) is 65.2 Å². The lowest BCUT2D eigenvalue weighted by molar-refractivity contribution is 0.184. The zero-order valence-corrected chi connectivity index (χ0v) is 17.8. The van der Waals surface area contributed by atoms with Crippen molar-refractivity contribution in [3.05, 3.63) is 75.0 Å². The van der Waals surface area contributed by atoms with Crippen molar-refractivity contribution in [1.29, 1.82) is 0 Å². The highest BCUT2D eigenvalue weighted by Crippen LogP contribution is 2.26. The van der Waals surface area contributed by atoms with E-state index < -0.39 is 0 Å². The van der Waals surface area contributed by atoms with Crippen LogP contribution >= 0.6 is 11.6 Å². The fourth-order valence-corrected chi connectivity index (χ4v) is 4.36. The fraction of sp³-hybridized carbons (Fsp3) is 0.333. The Hall–Kier alpha value is -2.79. The number of nitrogens with zero attached hydrogens (tertiary/aromatic N) is 1. The molecule has 1 aromatic heterocycles. The van der Waals surface area contributed by atoms with Crippen LogP contribution in [0.25, 0.3) is 10.9 Å². The summed E-state index contributed by atoms with van der Waals surface area (Å²) in [5.74, 6) is 0. The molecule has 2 amide bonds. The minimum atomic E-state index is -0.203. The molecule has 3 aromatic rings. The number of benzene rings is 2. The molecule has 1 aliphatic carbocycles. The average Bonchev–Trinajstić information content (AvgIpc) is 3.26. The summed E-state index contributed by atoms with van der Waals surface area (Å²) >= 11 is 6.06. The molecule has 2 aromatic carbocycles. The third-order valence-electron chi connectivity index (χ3n) is 5.84. The molecule has 0 atom stereocenters. The molecule has 1 aliphatic rings. The molecule has 5 nitrogen and oxygen atoms in total. The Kier molecular flexibility index (Phi) is 6.09. The lowest BCUT2D eigenvalue weighted by Crippen LogP contribution is -2.42. The number of H-pyrrole nitrogens is 1. The SMILES string of the molecule is CCc1ccc2[nH]c(=O)c(CN(C(=O)Nc3cccc(Cl)c3)C3CCCC3)cc2c1. The number of aromatic nitrogens is 1. The number of aryl methyl sites for hydroxylation is 1. The van der Waals surface area contributed by atoms with E-state index in [9.17, 15) is 9.59 Å². The van der Waals surface area contributed by atoms with Crippen molar-refractivity contribution in [2.45, 2.75) is 51.6 Å². The van der Waals surface area contributed by atoms with Crippen LogP contribution in [-0.2, 0) is 13.0 Å². The second kappa shape index (κ2) is 8.92. The lowest BCUT2D eigenvalue weighted by Gasteiger charge is -2.29. The van der Waals surface area contributed by atoms with Crippen molar-refractivity contribution in [3.63, 3.8) is 0 Å². The van der Waals surface area contributed by atoms with Gasteiger partial charge in [0.1, 0.15) is 0 Å². The summed E-state index contributed by atoms with van der Waals surface area (Å²) in [6.07, 6.45) is 5.03. The van der Waals surface area contributed by atoms with Gasteiger partial charge in [0, 0.05) is 27.8 Å². The average molecular weight is 424 g/mol. The number of fused-ring (bicyclic) bond motifs is 1. The van der Waals surface area contributed by atoms with Gasteiger partial charge in [-0.3, -0.25) is 4.79 Å². The highest BCUT2D eigenvalue weighted by atomic mass is 35.5. The van der Waals surface area contributed by atoms with Gasteiger partial charge < -0.3 is 15.2 Å². The molecule has 2 N–H and O–H groups in total. The van der Waals surface area contributed by atoms with Crippen LogP contribution in [-0.4, -0.2) is 22.0 Å². The van der Waals surface area contributed by atoms with Crippen molar-refractivity contribution >= 4 is 34.2 Å². The van der Waals surface area contributed by atoms with Crippen molar-refractivity contribution in [1.82, 2.24) is 9.88 Å². The van der Waals surface area contributed by atoms with Crippen LogP contribution in [0.1, 0.15) is 43.7 Å².